The summed E-state index contributed by atoms with van der Waals surface area (Å²) in [5, 5.41) is 0. The Hall–Kier alpha value is -1.18. The fourth-order valence-electron chi connectivity index (χ4n) is 6.66. The lowest BCUT2D eigenvalue weighted by atomic mass is 10.0. The molecule has 0 heterocycles. The van der Waals surface area contributed by atoms with Gasteiger partial charge in [0.15, 0.2) is 0 Å². The van der Waals surface area contributed by atoms with E-state index < -0.39 is 0 Å². The third-order valence-corrected chi connectivity index (χ3v) is 9.89. The van der Waals surface area contributed by atoms with E-state index in [1.165, 1.54) is 211 Å². The van der Waals surface area contributed by atoms with Gasteiger partial charge in [0.05, 0.1) is 6.61 Å². The molecule has 0 aliphatic rings. The van der Waals surface area contributed by atoms with E-state index in [1.807, 2.05) is 0 Å². The van der Waals surface area contributed by atoms with Gasteiger partial charge in [-0.15, -0.1) is 0 Å². The van der Waals surface area contributed by atoms with Crippen molar-refractivity contribution < 1.29 is 4.74 Å². The molecule has 0 aliphatic carbocycles. The topological polar surface area (TPSA) is 12.5 Å². The van der Waals surface area contributed by atoms with Crippen LogP contribution in [0.1, 0.15) is 219 Å². The smallest absolute Gasteiger partial charge is 0.119 e. The highest BCUT2D eigenvalue weighted by Gasteiger charge is 2.02. The molecule has 0 aliphatic heterocycles. The van der Waals surface area contributed by atoms with Crippen LogP contribution in [0.4, 0.5) is 5.69 Å². The number of benzene rings is 1. The molecule has 0 radical (unpaired) electrons. The van der Waals surface area contributed by atoms with Crippen molar-refractivity contribution in [3.8, 4) is 5.75 Å². The third kappa shape index (κ3) is 28.7. The minimum atomic E-state index is 0.854. The van der Waals surface area contributed by atoms with E-state index in [9.17, 15) is 0 Å². The average molecular weight is 628 g/mol. The van der Waals surface area contributed by atoms with Crippen molar-refractivity contribution in [1.82, 2.24) is 0 Å². The SMILES string of the molecule is CCCCCCCCCCCCCCCCCCOc1ccc(N(C)CCCCCCCCCCCCCCCCCC)cc1. The molecule has 0 amide bonds. The monoisotopic (exact) mass is 628 g/mol. The van der Waals surface area contributed by atoms with Gasteiger partial charge in [-0.2, -0.15) is 0 Å². The van der Waals surface area contributed by atoms with Gasteiger partial charge in [0, 0.05) is 19.3 Å². The highest BCUT2D eigenvalue weighted by molar-refractivity contribution is 5.48. The predicted octanol–water partition coefficient (Wildman–Crippen LogP) is 15.0. The molecule has 0 N–H and O–H groups in total. The lowest BCUT2D eigenvalue weighted by Crippen LogP contribution is -2.18. The maximum Gasteiger partial charge on any atom is 0.119 e. The molecule has 1 aromatic carbocycles. The van der Waals surface area contributed by atoms with Gasteiger partial charge in [-0.25, -0.2) is 0 Å². The zero-order chi connectivity index (χ0) is 32.3. The Bertz CT molecular complexity index is 686. The molecule has 1 rings (SSSR count). The first kappa shape index (κ1) is 41.8. The van der Waals surface area contributed by atoms with Crippen LogP contribution in [0.3, 0.4) is 0 Å². The van der Waals surface area contributed by atoms with Crippen molar-refractivity contribution in [1.29, 1.82) is 0 Å². The third-order valence-electron chi connectivity index (χ3n) is 9.89. The zero-order valence-electron chi connectivity index (χ0n) is 31.2. The molecule has 0 unspecified atom stereocenters. The first-order valence-corrected chi connectivity index (χ1v) is 20.7. The largest absolute Gasteiger partial charge is 0.494 e. The Balaban J connectivity index is 1.86. The van der Waals surface area contributed by atoms with Crippen LogP contribution >= 0.6 is 0 Å². The second-order valence-corrected chi connectivity index (χ2v) is 14.4. The Morgan fingerprint density at radius 3 is 1.00 bits per heavy atom. The van der Waals surface area contributed by atoms with Gasteiger partial charge in [0.1, 0.15) is 5.75 Å². The Kier molecular flexibility index (Phi) is 31.8. The molecule has 0 saturated heterocycles. The van der Waals surface area contributed by atoms with Crippen LogP contribution in [0.2, 0.25) is 0 Å². The molecule has 264 valence electrons. The van der Waals surface area contributed by atoms with Crippen LogP contribution in [0, 0.1) is 0 Å². The van der Waals surface area contributed by atoms with Crippen LogP contribution in [0.15, 0.2) is 24.3 Å². The van der Waals surface area contributed by atoms with Crippen LogP contribution in [0.25, 0.3) is 0 Å². The quantitative estimate of drug-likeness (QED) is 0.0686. The fourth-order valence-corrected chi connectivity index (χ4v) is 6.66. The van der Waals surface area contributed by atoms with Crippen molar-refractivity contribution in [2.45, 2.75) is 219 Å². The van der Waals surface area contributed by atoms with Crippen molar-refractivity contribution in [2.75, 3.05) is 25.1 Å². The predicted molar refractivity (Wildman–Crippen MR) is 204 cm³/mol. The maximum absolute atomic E-state index is 6.04. The van der Waals surface area contributed by atoms with Gasteiger partial charge in [-0.05, 0) is 37.1 Å². The summed E-state index contributed by atoms with van der Waals surface area (Å²) in [4.78, 5) is 2.41. The van der Waals surface area contributed by atoms with E-state index in [4.69, 9.17) is 4.74 Å². The minimum absolute atomic E-state index is 0.854. The fraction of sp³-hybridized carbons (Fsp3) is 0.860. The molecule has 1 aromatic rings. The second kappa shape index (κ2) is 34.2. The van der Waals surface area contributed by atoms with E-state index in [1.54, 1.807) is 0 Å². The molecule has 2 heteroatoms. The second-order valence-electron chi connectivity index (χ2n) is 14.4. The number of hydrogen-bond acceptors (Lipinski definition) is 2. The summed E-state index contributed by atoms with van der Waals surface area (Å²) >= 11 is 0. The summed E-state index contributed by atoms with van der Waals surface area (Å²) < 4.78 is 6.04. The van der Waals surface area contributed by atoms with Gasteiger partial charge in [-0.3, -0.25) is 0 Å². The first-order chi connectivity index (χ1) is 22.3. The number of unbranched alkanes of at least 4 members (excludes halogenated alkanes) is 30. The van der Waals surface area contributed by atoms with E-state index in [0.29, 0.717) is 0 Å². The maximum atomic E-state index is 6.04. The van der Waals surface area contributed by atoms with Gasteiger partial charge >= 0.3 is 0 Å². The molecular weight excluding hydrogens is 546 g/mol. The van der Waals surface area contributed by atoms with Crippen molar-refractivity contribution in [3.63, 3.8) is 0 Å². The Morgan fingerprint density at radius 1 is 0.378 bits per heavy atom. The molecular formula is C43H81NO. The van der Waals surface area contributed by atoms with E-state index >= 15 is 0 Å². The molecule has 45 heavy (non-hydrogen) atoms. The summed E-state index contributed by atoms with van der Waals surface area (Å²) in [5.41, 5.74) is 1.31. The van der Waals surface area contributed by atoms with Gasteiger partial charge in [0.25, 0.3) is 0 Å². The number of hydrogen-bond donors (Lipinski definition) is 0. The van der Waals surface area contributed by atoms with Crippen molar-refractivity contribution in [3.05, 3.63) is 24.3 Å². The van der Waals surface area contributed by atoms with Crippen molar-refractivity contribution >= 4 is 5.69 Å². The van der Waals surface area contributed by atoms with Crippen LogP contribution in [-0.2, 0) is 0 Å². The Labute approximate surface area is 284 Å². The van der Waals surface area contributed by atoms with Crippen LogP contribution < -0.4 is 9.64 Å². The highest BCUT2D eigenvalue weighted by atomic mass is 16.5. The van der Waals surface area contributed by atoms with Crippen LogP contribution in [-0.4, -0.2) is 20.2 Å². The molecule has 0 fully saturated rings. The number of anilines is 1. The highest BCUT2D eigenvalue weighted by Crippen LogP contribution is 2.20. The molecule has 2 nitrogen and oxygen atoms in total. The average Bonchev–Trinajstić information content (AvgIpc) is 3.06. The summed E-state index contributed by atoms with van der Waals surface area (Å²) in [5.74, 6) is 1.02. The summed E-state index contributed by atoms with van der Waals surface area (Å²) in [7, 11) is 2.23. The number of ether oxygens (including phenoxy) is 1. The summed E-state index contributed by atoms with van der Waals surface area (Å²) in [6.45, 7) is 6.61. The molecule has 0 atom stereocenters. The zero-order valence-corrected chi connectivity index (χ0v) is 31.2. The first-order valence-electron chi connectivity index (χ1n) is 20.7. The van der Waals surface area contributed by atoms with Crippen LogP contribution in [0.5, 0.6) is 5.75 Å². The normalized spacial score (nSPS) is 11.4. The molecule has 0 aromatic heterocycles. The minimum Gasteiger partial charge on any atom is -0.494 e. The van der Waals surface area contributed by atoms with Gasteiger partial charge in [0.2, 0.25) is 0 Å². The molecule has 0 bridgehead atoms. The van der Waals surface area contributed by atoms with Crippen molar-refractivity contribution in [2.24, 2.45) is 0 Å². The lowest BCUT2D eigenvalue weighted by Gasteiger charge is -2.19. The Morgan fingerprint density at radius 2 is 0.667 bits per heavy atom. The number of rotatable bonds is 36. The summed E-state index contributed by atoms with van der Waals surface area (Å²) in [6.07, 6.45) is 45.4. The summed E-state index contributed by atoms with van der Waals surface area (Å²) in [6, 6.07) is 8.78. The lowest BCUT2D eigenvalue weighted by molar-refractivity contribution is 0.304. The molecule has 0 saturated carbocycles. The van der Waals surface area contributed by atoms with Gasteiger partial charge in [-0.1, -0.05) is 206 Å². The molecule has 0 spiro atoms. The van der Waals surface area contributed by atoms with Gasteiger partial charge < -0.3 is 9.64 Å². The number of nitrogens with zero attached hydrogens (tertiary/aromatic N) is 1. The van der Waals surface area contributed by atoms with E-state index in [2.05, 4.69) is 50.1 Å². The van der Waals surface area contributed by atoms with E-state index in [-0.39, 0.29) is 0 Å². The standard InChI is InChI=1S/C43H81NO/c1-4-6-8-10-12-14-16-18-20-22-24-26-28-30-32-34-40-44(3)42-36-38-43(39-37-42)45-41-35-33-31-29-27-25-23-21-19-17-15-13-11-9-7-5-2/h36-39H,4-35,40-41H2,1-3H3. The van der Waals surface area contributed by atoms with E-state index in [0.717, 1.165) is 18.9 Å².